The summed E-state index contributed by atoms with van der Waals surface area (Å²) in [5.41, 5.74) is 0.459. The van der Waals surface area contributed by atoms with Crippen LogP contribution in [0.4, 0.5) is 19.0 Å². The molecule has 0 aliphatic rings. The van der Waals surface area contributed by atoms with E-state index >= 15 is 0 Å². The molecular formula is C22H18ClF3N6O2. The van der Waals surface area contributed by atoms with Gasteiger partial charge in [0.15, 0.2) is 5.82 Å². The molecule has 4 rings (SSSR count). The lowest BCUT2D eigenvalue weighted by Gasteiger charge is -2.10. The van der Waals surface area contributed by atoms with Crippen molar-refractivity contribution in [3.8, 4) is 17.2 Å². The second-order valence-electron chi connectivity index (χ2n) is 7.41. The van der Waals surface area contributed by atoms with Crippen molar-refractivity contribution in [1.29, 1.82) is 0 Å². The maximum Gasteiger partial charge on any atom is 0.417 e. The van der Waals surface area contributed by atoms with Gasteiger partial charge in [-0.1, -0.05) is 16.8 Å². The number of carbonyl (C=O) groups is 1. The van der Waals surface area contributed by atoms with Crippen LogP contribution in [0.3, 0.4) is 0 Å². The summed E-state index contributed by atoms with van der Waals surface area (Å²) in [7, 11) is 0. The molecule has 3 heterocycles. The number of aryl methyl sites for hydroxylation is 2. The topological polar surface area (TPSA) is 98.7 Å². The minimum absolute atomic E-state index is 0.150. The van der Waals surface area contributed by atoms with Crippen LogP contribution in [0.5, 0.6) is 0 Å². The summed E-state index contributed by atoms with van der Waals surface area (Å²) in [6, 6.07) is 10.7. The van der Waals surface area contributed by atoms with Gasteiger partial charge in [-0.2, -0.15) is 27.9 Å². The van der Waals surface area contributed by atoms with Gasteiger partial charge in [-0.3, -0.25) is 4.79 Å². The summed E-state index contributed by atoms with van der Waals surface area (Å²) < 4.78 is 44.9. The van der Waals surface area contributed by atoms with Crippen LogP contribution < -0.4 is 5.32 Å². The van der Waals surface area contributed by atoms with E-state index in [2.05, 4.69) is 25.5 Å². The molecule has 0 aliphatic carbocycles. The van der Waals surface area contributed by atoms with Crippen molar-refractivity contribution in [2.75, 3.05) is 5.32 Å². The van der Waals surface area contributed by atoms with Crippen LogP contribution in [-0.4, -0.2) is 30.8 Å². The molecule has 0 saturated heterocycles. The second-order valence-corrected chi connectivity index (χ2v) is 7.84. The normalized spacial score (nSPS) is 11.6. The van der Waals surface area contributed by atoms with Crippen LogP contribution in [0.15, 0.2) is 53.2 Å². The number of alkyl halides is 3. The van der Waals surface area contributed by atoms with Crippen molar-refractivity contribution in [1.82, 2.24) is 24.9 Å². The number of pyridine rings is 1. The molecule has 0 atom stereocenters. The summed E-state index contributed by atoms with van der Waals surface area (Å²) in [4.78, 5) is 20.6. The van der Waals surface area contributed by atoms with Crippen molar-refractivity contribution in [3.63, 3.8) is 0 Å². The van der Waals surface area contributed by atoms with Crippen LogP contribution in [0, 0.1) is 6.92 Å². The van der Waals surface area contributed by atoms with Crippen LogP contribution in [-0.2, 0) is 17.4 Å². The maximum absolute atomic E-state index is 12.8. The van der Waals surface area contributed by atoms with E-state index in [-0.39, 0.29) is 18.1 Å². The lowest BCUT2D eigenvalue weighted by Crippen LogP contribution is -2.15. The maximum atomic E-state index is 12.8. The van der Waals surface area contributed by atoms with Crippen molar-refractivity contribution in [2.45, 2.75) is 32.4 Å². The number of amides is 1. The molecule has 0 spiro atoms. The summed E-state index contributed by atoms with van der Waals surface area (Å²) in [6.45, 7) is 1.70. The van der Waals surface area contributed by atoms with Gasteiger partial charge in [0.25, 0.3) is 0 Å². The molecule has 3 aromatic heterocycles. The highest BCUT2D eigenvalue weighted by molar-refractivity contribution is 6.30. The highest BCUT2D eigenvalue weighted by Gasteiger charge is 2.30. The number of carbonyl (C=O) groups excluding carboxylic acids is 1. The molecule has 0 saturated carbocycles. The van der Waals surface area contributed by atoms with E-state index in [1.54, 1.807) is 37.3 Å². The van der Waals surface area contributed by atoms with Gasteiger partial charge in [-0.15, -0.1) is 0 Å². The number of nitrogens with zero attached hydrogens (tertiary/aromatic N) is 5. The standard InChI is InChI=1S/C22H18ClF3N6O2/c1-13-11-18(32(30-13)17-10-7-15(12-27-17)22(24,25)26)28-19(33)3-2-4-20-29-21(31-34-20)14-5-8-16(23)9-6-14/h5-12H,2-4H2,1H3,(H,28,33). The van der Waals surface area contributed by atoms with Gasteiger partial charge in [0.05, 0.1) is 11.3 Å². The zero-order chi connectivity index (χ0) is 24.3. The minimum Gasteiger partial charge on any atom is -0.339 e. The quantitative estimate of drug-likeness (QED) is 0.379. The van der Waals surface area contributed by atoms with Gasteiger partial charge < -0.3 is 9.84 Å². The Morgan fingerprint density at radius 3 is 2.62 bits per heavy atom. The fourth-order valence-corrected chi connectivity index (χ4v) is 3.25. The van der Waals surface area contributed by atoms with Crippen molar-refractivity contribution in [2.24, 2.45) is 0 Å². The van der Waals surface area contributed by atoms with Gasteiger partial charge in [-0.05, 0) is 49.7 Å². The van der Waals surface area contributed by atoms with Gasteiger partial charge in [0.1, 0.15) is 5.82 Å². The lowest BCUT2D eigenvalue weighted by molar-refractivity contribution is -0.137. The monoisotopic (exact) mass is 490 g/mol. The number of aromatic nitrogens is 5. The SMILES string of the molecule is Cc1cc(NC(=O)CCCc2nc(-c3ccc(Cl)cc3)no2)n(-c2ccc(C(F)(F)F)cn2)n1. The number of hydrogen-bond acceptors (Lipinski definition) is 6. The van der Waals surface area contributed by atoms with Crippen LogP contribution in [0.1, 0.15) is 30.0 Å². The molecule has 8 nitrogen and oxygen atoms in total. The van der Waals surface area contributed by atoms with E-state index in [0.717, 1.165) is 17.8 Å². The number of nitrogens with one attached hydrogen (secondary N) is 1. The molecule has 1 aromatic carbocycles. The number of halogens is 4. The third-order valence-electron chi connectivity index (χ3n) is 4.76. The highest BCUT2D eigenvalue weighted by Crippen LogP contribution is 2.29. The summed E-state index contributed by atoms with van der Waals surface area (Å²) >= 11 is 5.88. The summed E-state index contributed by atoms with van der Waals surface area (Å²) in [5, 5.41) is 11.5. The summed E-state index contributed by atoms with van der Waals surface area (Å²) in [6.07, 6.45) is -2.77. The zero-order valence-electron chi connectivity index (χ0n) is 17.8. The van der Waals surface area contributed by atoms with Gasteiger partial charge in [0, 0.05) is 35.7 Å². The van der Waals surface area contributed by atoms with Crippen molar-refractivity contribution < 1.29 is 22.5 Å². The van der Waals surface area contributed by atoms with E-state index in [1.807, 2.05) is 0 Å². The van der Waals surface area contributed by atoms with E-state index < -0.39 is 11.7 Å². The van der Waals surface area contributed by atoms with Gasteiger partial charge in [0.2, 0.25) is 17.6 Å². The van der Waals surface area contributed by atoms with Crippen LogP contribution >= 0.6 is 11.6 Å². The molecule has 1 N–H and O–H groups in total. The first kappa shape index (κ1) is 23.4. The first-order valence-electron chi connectivity index (χ1n) is 10.2. The fourth-order valence-electron chi connectivity index (χ4n) is 3.12. The third-order valence-corrected chi connectivity index (χ3v) is 5.01. The predicted molar refractivity (Wildman–Crippen MR) is 117 cm³/mol. The summed E-state index contributed by atoms with van der Waals surface area (Å²) in [5.74, 6) is 0.979. The molecule has 176 valence electrons. The zero-order valence-corrected chi connectivity index (χ0v) is 18.6. The molecule has 4 aromatic rings. The predicted octanol–water partition coefficient (Wildman–Crippen LogP) is 5.26. The highest BCUT2D eigenvalue weighted by atomic mass is 35.5. The second kappa shape index (κ2) is 9.64. The van der Waals surface area contributed by atoms with E-state index in [1.165, 1.54) is 10.7 Å². The van der Waals surface area contributed by atoms with Crippen molar-refractivity contribution >= 4 is 23.3 Å². The molecule has 0 bridgehead atoms. The Morgan fingerprint density at radius 1 is 1.18 bits per heavy atom. The van der Waals surface area contributed by atoms with Gasteiger partial charge in [-0.25, -0.2) is 4.98 Å². The third kappa shape index (κ3) is 5.60. The van der Waals surface area contributed by atoms with Crippen LogP contribution in [0.2, 0.25) is 5.02 Å². The van der Waals surface area contributed by atoms with Crippen LogP contribution in [0.25, 0.3) is 17.2 Å². The molecule has 0 fully saturated rings. The average molecular weight is 491 g/mol. The Morgan fingerprint density at radius 2 is 1.94 bits per heavy atom. The van der Waals surface area contributed by atoms with E-state index in [9.17, 15) is 18.0 Å². The smallest absolute Gasteiger partial charge is 0.339 e. The molecule has 0 aliphatic heterocycles. The molecular weight excluding hydrogens is 473 g/mol. The minimum atomic E-state index is -4.49. The molecule has 12 heteroatoms. The van der Waals surface area contributed by atoms with E-state index in [0.29, 0.717) is 41.1 Å². The Kier molecular flexibility index (Phi) is 6.64. The number of benzene rings is 1. The first-order chi connectivity index (χ1) is 16.2. The number of rotatable bonds is 7. The fraction of sp³-hybridized carbons (Fsp3) is 0.227. The van der Waals surface area contributed by atoms with Gasteiger partial charge >= 0.3 is 6.18 Å². The first-order valence-corrected chi connectivity index (χ1v) is 10.6. The Bertz CT molecular complexity index is 1280. The van der Waals surface area contributed by atoms with Crippen molar-refractivity contribution in [3.05, 3.63) is 70.8 Å². The van der Waals surface area contributed by atoms with E-state index in [4.69, 9.17) is 16.1 Å². The number of anilines is 1. The lowest BCUT2D eigenvalue weighted by atomic mass is 10.2. The average Bonchev–Trinajstić information content (AvgIpc) is 3.40. The Hall–Kier alpha value is -3.73. The molecule has 1 amide bonds. The molecule has 0 unspecified atom stereocenters. The molecule has 0 radical (unpaired) electrons. The number of hydrogen-bond donors (Lipinski definition) is 1. The molecule has 34 heavy (non-hydrogen) atoms. The Labute approximate surface area is 196 Å². The Balaban J connectivity index is 1.35. The largest absolute Gasteiger partial charge is 0.417 e.